The number of anilines is 2. The van der Waals surface area contributed by atoms with Gasteiger partial charge in [-0.1, -0.05) is 17.6 Å². The standard InChI is InChI=1S/C14H13ClF6N6/c1-6(13(16,17)18)22-11-25-10(8-4-3-5-9(15)24-8)26-12(27-11)23-7(2)14(19,20)21/h3-7H,1-2H3,(H2,22,23,25,26,27)/t6-,7-/m1/s1/i1D3,3D,4D,7D. The topological polar surface area (TPSA) is 75.6 Å². The molecule has 0 saturated heterocycles. The number of alkyl halides is 6. The fourth-order valence-electron chi connectivity index (χ4n) is 1.49. The van der Waals surface area contributed by atoms with Gasteiger partial charge in [0.1, 0.15) is 22.9 Å². The molecule has 0 aliphatic carbocycles. The van der Waals surface area contributed by atoms with Crippen molar-refractivity contribution in [2.45, 2.75) is 38.2 Å². The first-order chi connectivity index (χ1) is 14.7. The summed E-state index contributed by atoms with van der Waals surface area (Å²) in [5.41, 5.74) is -0.614. The van der Waals surface area contributed by atoms with E-state index >= 15 is 0 Å². The largest absolute Gasteiger partial charge is 0.408 e. The van der Waals surface area contributed by atoms with E-state index < -0.39 is 66.8 Å². The Hall–Kier alpha value is -2.37. The Labute approximate surface area is 162 Å². The molecule has 0 saturated carbocycles. The summed E-state index contributed by atoms with van der Waals surface area (Å²) in [6.45, 7) is -3.31. The van der Waals surface area contributed by atoms with Crippen LogP contribution in [0.4, 0.5) is 38.2 Å². The van der Waals surface area contributed by atoms with E-state index in [-0.39, 0.29) is 5.15 Å². The molecule has 2 atom stereocenters. The van der Waals surface area contributed by atoms with E-state index in [0.29, 0.717) is 6.92 Å². The number of hydrogen-bond acceptors (Lipinski definition) is 6. The summed E-state index contributed by atoms with van der Waals surface area (Å²) >= 11 is 5.70. The number of rotatable bonds is 5. The Bertz CT molecular complexity index is 1020. The number of nitrogens with one attached hydrogen (secondary N) is 2. The van der Waals surface area contributed by atoms with Crippen LogP contribution in [-0.2, 0) is 0 Å². The molecule has 148 valence electrons. The van der Waals surface area contributed by atoms with E-state index in [0.717, 1.165) is 6.07 Å². The minimum Gasteiger partial charge on any atom is -0.343 e. The molecule has 2 aromatic rings. The second kappa shape index (κ2) is 7.71. The number of pyridine rings is 1. The third kappa shape index (κ3) is 5.81. The van der Waals surface area contributed by atoms with Gasteiger partial charge in [0.2, 0.25) is 11.9 Å². The fraction of sp³-hybridized carbons (Fsp3) is 0.429. The van der Waals surface area contributed by atoms with Gasteiger partial charge in [0.25, 0.3) is 0 Å². The molecule has 0 bridgehead atoms. The van der Waals surface area contributed by atoms with Gasteiger partial charge in [0, 0.05) is 4.11 Å². The monoisotopic (exact) mass is 420 g/mol. The van der Waals surface area contributed by atoms with Crippen molar-refractivity contribution in [3.05, 3.63) is 23.3 Å². The van der Waals surface area contributed by atoms with Gasteiger partial charge in [0.15, 0.2) is 5.82 Å². The Morgan fingerprint density at radius 2 is 1.70 bits per heavy atom. The highest BCUT2D eigenvalue weighted by Crippen LogP contribution is 2.26. The smallest absolute Gasteiger partial charge is 0.343 e. The highest BCUT2D eigenvalue weighted by atomic mass is 35.5. The Morgan fingerprint density at radius 1 is 1.07 bits per heavy atom. The Kier molecular flexibility index (Phi) is 3.92. The third-order valence-electron chi connectivity index (χ3n) is 2.77. The van der Waals surface area contributed by atoms with Gasteiger partial charge in [0.05, 0.1) is 4.11 Å². The maximum Gasteiger partial charge on any atom is 0.408 e. The van der Waals surface area contributed by atoms with E-state index in [1.165, 1.54) is 5.32 Å². The van der Waals surface area contributed by atoms with Crippen LogP contribution >= 0.6 is 11.6 Å². The molecule has 0 radical (unpaired) electrons. The molecule has 2 aromatic heterocycles. The van der Waals surface area contributed by atoms with Crippen LogP contribution in [0, 0.1) is 0 Å². The van der Waals surface area contributed by atoms with Gasteiger partial charge >= 0.3 is 12.4 Å². The first kappa shape index (κ1) is 13.7. The number of aromatic nitrogens is 4. The van der Waals surface area contributed by atoms with Crippen molar-refractivity contribution in [3.8, 4) is 11.5 Å². The predicted octanol–water partition coefficient (Wildman–Crippen LogP) is 4.31. The van der Waals surface area contributed by atoms with Crippen molar-refractivity contribution >= 4 is 23.5 Å². The van der Waals surface area contributed by atoms with E-state index in [1.54, 1.807) is 5.32 Å². The van der Waals surface area contributed by atoms with Gasteiger partial charge < -0.3 is 10.6 Å². The summed E-state index contributed by atoms with van der Waals surface area (Å²) in [7, 11) is 0. The number of hydrogen-bond donors (Lipinski definition) is 2. The molecule has 0 aromatic carbocycles. The highest BCUT2D eigenvalue weighted by Gasteiger charge is 2.38. The van der Waals surface area contributed by atoms with Crippen LogP contribution in [0.15, 0.2) is 18.2 Å². The van der Waals surface area contributed by atoms with Crippen LogP contribution in [0.25, 0.3) is 11.5 Å². The molecule has 6 nitrogen and oxygen atoms in total. The number of nitrogens with zero attached hydrogens (tertiary/aromatic N) is 4. The maximum atomic E-state index is 13.3. The van der Waals surface area contributed by atoms with Crippen molar-refractivity contribution < 1.29 is 34.6 Å². The molecule has 0 aliphatic heterocycles. The van der Waals surface area contributed by atoms with Crippen LogP contribution in [0.3, 0.4) is 0 Å². The molecule has 2 rings (SSSR count). The molecule has 0 unspecified atom stereocenters. The quantitative estimate of drug-likeness (QED) is 0.554. The predicted molar refractivity (Wildman–Crippen MR) is 86.3 cm³/mol. The van der Waals surface area contributed by atoms with E-state index in [2.05, 4.69) is 19.9 Å². The summed E-state index contributed by atoms with van der Waals surface area (Å²) in [5.74, 6) is -3.04. The van der Waals surface area contributed by atoms with Crippen molar-refractivity contribution in [2.24, 2.45) is 0 Å². The normalized spacial score (nSPS) is 19.4. The summed E-state index contributed by atoms with van der Waals surface area (Å²) in [6.07, 6.45) is -10.5. The molecule has 0 fully saturated rings. The second-order valence-electron chi connectivity index (χ2n) is 4.87. The van der Waals surface area contributed by atoms with Crippen LogP contribution in [0.5, 0.6) is 0 Å². The lowest BCUT2D eigenvalue weighted by Crippen LogP contribution is -2.35. The number of halogens is 7. The van der Waals surface area contributed by atoms with Crippen molar-refractivity contribution in [1.29, 1.82) is 0 Å². The van der Waals surface area contributed by atoms with Crippen molar-refractivity contribution in [2.75, 3.05) is 10.6 Å². The highest BCUT2D eigenvalue weighted by molar-refractivity contribution is 6.29. The van der Waals surface area contributed by atoms with Gasteiger partial charge in [-0.3, -0.25) is 0 Å². The molecular weight excluding hydrogens is 402 g/mol. The van der Waals surface area contributed by atoms with E-state index in [9.17, 15) is 26.3 Å². The average molecular weight is 421 g/mol. The molecule has 27 heavy (non-hydrogen) atoms. The van der Waals surface area contributed by atoms with E-state index in [4.69, 9.17) is 19.8 Å². The summed E-state index contributed by atoms with van der Waals surface area (Å²) in [5, 5.41) is 2.67. The zero-order valence-electron chi connectivity index (χ0n) is 19.1. The van der Waals surface area contributed by atoms with Gasteiger partial charge in [-0.25, -0.2) is 4.98 Å². The van der Waals surface area contributed by atoms with Crippen LogP contribution in [0.2, 0.25) is 5.15 Å². The molecule has 13 heteroatoms. The molecule has 0 aliphatic rings. The molecular formula is C14H13ClF6N6. The lowest BCUT2D eigenvalue weighted by atomic mass is 10.3. The molecule has 2 heterocycles. The first-order valence-electron chi connectivity index (χ1n) is 9.81. The fourth-order valence-corrected chi connectivity index (χ4v) is 1.63. The third-order valence-corrected chi connectivity index (χ3v) is 2.97. The Balaban J connectivity index is 2.69. The minimum absolute atomic E-state index is 0.361. The van der Waals surface area contributed by atoms with Crippen molar-refractivity contribution in [1.82, 2.24) is 19.9 Å². The van der Waals surface area contributed by atoms with Gasteiger partial charge in [-0.15, -0.1) is 0 Å². The minimum atomic E-state index is -5.36. The average Bonchev–Trinajstić information content (AvgIpc) is 2.59. The molecule has 2 N–H and O–H groups in total. The second-order valence-corrected chi connectivity index (χ2v) is 5.26. The summed E-state index contributed by atoms with van der Waals surface area (Å²) in [6, 6.07) is -6.93. The van der Waals surface area contributed by atoms with Crippen LogP contribution in [0.1, 0.15) is 22.0 Å². The van der Waals surface area contributed by atoms with Crippen LogP contribution < -0.4 is 10.6 Å². The molecule has 0 amide bonds. The van der Waals surface area contributed by atoms with Crippen molar-refractivity contribution in [3.63, 3.8) is 0 Å². The Morgan fingerprint density at radius 3 is 2.26 bits per heavy atom. The van der Waals surface area contributed by atoms with Gasteiger partial charge in [-0.2, -0.15) is 41.3 Å². The van der Waals surface area contributed by atoms with Gasteiger partial charge in [-0.05, 0) is 25.9 Å². The lowest BCUT2D eigenvalue weighted by molar-refractivity contribution is -0.139. The lowest BCUT2D eigenvalue weighted by Gasteiger charge is -2.20. The zero-order valence-corrected chi connectivity index (χ0v) is 13.8. The van der Waals surface area contributed by atoms with E-state index in [1.807, 2.05) is 0 Å². The first-order valence-corrected chi connectivity index (χ1v) is 7.18. The summed E-state index contributed by atoms with van der Waals surface area (Å²) in [4.78, 5) is 14.0. The molecule has 0 spiro atoms. The SMILES string of the molecule is [2H]c1cc(Cl)nc(-c2nc(N[C@H](C([2H])([2H])[2H])C(F)(F)F)nc(N[C@]([2H])(C)C(F)(F)F)n2)c1[2H]. The maximum absolute atomic E-state index is 13.3. The summed E-state index contributed by atoms with van der Waals surface area (Å²) < 4.78 is 123. The zero-order chi connectivity index (χ0) is 25.6. The van der Waals surface area contributed by atoms with Crippen LogP contribution in [-0.4, -0.2) is 44.3 Å².